The van der Waals surface area contributed by atoms with E-state index in [-0.39, 0.29) is 25.0 Å². The minimum absolute atomic E-state index is 0.00335. The zero-order chi connectivity index (χ0) is 15.0. The van der Waals surface area contributed by atoms with Gasteiger partial charge in [0.05, 0.1) is 0 Å². The van der Waals surface area contributed by atoms with Crippen molar-refractivity contribution in [1.29, 1.82) is 0 Å². The summed E-state index contributed by atoms with van der Waals surface area (Å²) in [7, 11) is 0. The molecule has 1 amide bonds. The first kappa shape index (κ1) is 16.8. The van der Waals surface area contributed by atoms with Gasteiger partial charge in [0.1, 0.15) is 5.75 Å². The molecule has 20 heavy (non-hydrogen) atoms. The van der Waals surface area contributed by atoms with Crippen LogP contribution in [0.2, 0.25) is 5.02 Å². The molecule has 0 aliphatic carbocycles. The van der Waals surface area contributed by atoms with E-state index in [1.807, 2.05) is 13.8 Å². The van der Waals surface area contributed by atoms with Gasteiger partial charge in [-0.3, -0.25) is 4.79 Å². The van der Waals surface area contributed by atoms with Crippen LogP contribution in [0.3, 0.4) is 0 Å². The second-order valence-electron chi connectivity index (χ2n) is 4.98. The molecule has 2 N–H and O–H groups in total. The predicted molar refractivity (Wildman–Crippen MR) is 80.2 cm³/mol. The average Bonchev–Trinajstić information content (AvgIpc) is 2.44. The van der Waals surface area contributed by atoms with Crippen molar-refractivity contribution in [3.63, 3.8) is 0 Å². The van der Waals surface area contributed by atoms with Crippen LogP contribution in [0.5, 0.6) is 5.75 Å². The van der Waals surface area contributed by atoms with E-state index < -0.39 is 0 Å². The second kappa shape index (κ2) is 8.82. The molecule has 0 heterocycles. The number of carbonyl (C=O) groups excluding carboxylic acids is 1. The van der Waals surface area contributed by atoms with Gasteiger partial charge >= 0.3 is 0 Å². The number of aliphatic hydroxyl groups excluding tert-OH is 1. The molecule has 0 radical (unpaired) electrons. The van der Waals surface area contributed by atoms with E-state index in [1.54, 1.807) is 18.2 Å². The standard InChI is InChI=1S/C15H22ClNO3/c1-11(9-18)4-3-7-17-15(19)10-20-13-5-6-14(16)12(2)8-13/h5-6,8,11,18H,3-4,7,9-10H2,1-2H3,(H,17,19). The first-order valence-corrected chi connectivity index (χ1v) is 7.17. The summed E-state index contributed by atoms with van der Waals surface area (Å²) in [5.41, 5.74) is 0.919. The molecule has 0 aliphatic heterocycles. The maximum atomic E-state index is 11.6. The number of nitrogens with one attached hydrogen (secondary N) is 1. The molecule has 1 aromatic rings. The Morgan fingerprint density at radius 2 is 2.25 bits per heavy atom. The summed E-state index contributed by atoms with van der Waals surface area (Å²) in [5.74, 6) is 0.769. The Morgan fingerprint density at radius 1 is 1.50 bits per heavy atom. The van der Waals surface area contributed by atoms with Crippen LogP contribution in [0.4, 0.5) is 0 Å². The fourth-order valence-electron chi connectivity index (χ4n) is 1.68. The van der Waals surface area contributed by atoms with Crippen molar-refractivity contribution in [2.24, 2.45) is 5.92 Å². The second-order valence-corrected chi connectivity index (χ2v) is 5.39. The van der Waals surface area contributed by atoms with Gasteiger partial charge in [-0.05, 0) is 49.4 Å². The summed E-state index contributed by atoms with van der Waals surface area (Å²) < 4.78 is 5.39. The molecule has 1 unspecified atom stereocenters. The molecular formula is C15H22ClNO3. The molecule has 112 valence electrons. The van der Waals surface area contributed by atoms with Gasteiger partial charge in [-0.15, -0.1) is 0 Å². The molecule has 0 saturated carbocycles. The summed E-state index contributed by atoms with van der Waals surface area (Å²) in [6.07, 6.45) is 1.75. The fourth-order valence-corrected chi connectivity index (χ4v) is 1.79. The van der Waals surface area contributed by atoms with Crippen LogP contribution in [0.15, 0.2) is 18.2 Å². The third kappa shape index (κ3) is 6.26. The molecule has 1 rings (SSSR count). The lowest BCUT2D eigenvalue weighted by Crippen LogP contribution is -2.30. The van der Waals surface area contributed by atoms with Crippen molar-refractivity contribution in [2.75, 3.05) is 19.8 Å². The van der Waals surface area contributed by atoms with Crippen LogP contribution >= 0.6 is 11.6 Å². The van der Waals surface area contributed by atoms with E-state index in [2.05, 4.69) is 5.32 Å². The van der Waals surface area contributed by atoms with Crippen LogP contribution in [0.1, 0.15) is 25.3 Å². The highest BCUT2D eigenvalue weighted by molar-refractivity contribution is 6.31. The molecule has 5 heteroatoms. The number of aliphatic hydroxyl groups is 1. The number of halogens is 1. The fraction of sp³-hybridized carbons (Fsp3) is 0.533. The quantitative estimate of drug-likeness (QED) is 0.725. The van der Waals surface area contributed by atoms with Gasteiger partial charge in [-0.25, -0.2) is 0 Å². The van der Waals surface area contributed by atoms with Crippen LogP contribution in [-0.4, -0.2) is 30.8 Å². The lowest BCUT2D eigenvalue weighted by Gasteiger charge is -2.10. The van der Waals surface area contributed by atoms with Crippen molar-refractivity contribution in [3.8, 4) is 5.75 Å². The number of rotatable bonds is 8. The summed E-state index contributed by atoms with van der Waals surface area (Å²) >= 11 is 5.91. The van der Waals surface area contributed by atoms with Gasteiger partial charge in [-0.2, -0.15) is 0 Å². The van der Waals surface area contributed by atoms with Crippen molar-refractivity contribution in [1.82, 2.24) is 5.32 Å². The predicted octanol–water partition coefficient (Wildman–Crippen LogP) is 2.55. The molecule has 1 aromatic carbocycles. The number of hydrogen-bond acceptors (Lipinski definition) is 3. The maximum Gasteiger partial charge on any atom is 0.257 e. The van der Waals surface area contributed by atoms with E-state index in [0.29, 0.717) is 17.3 Å². The van der Waals surface area contributed by atoms with E-state index in [4.69, 9.17) is 21.4 Å². The number of hydrogen-bond donors (Lipinski definition) is 2. The summed E-state index contributed by atoms with van der Waals surface area (Å²) in [5, 5.41) is 12.3. The van der Waals surface area contributed by atoms with Gasteiger partial charge in [-0.1, -0.05) is 18.5 Å². The van der Waals surface area contributed by atoms with Crippen molar-refractivity contribution < 1.29 is 14.6 Å². The van der Waals surface area contributed by atoms with E-state index in [1.165, 1.54) is 0 Å². The molecule has 0 fully saturated rings. The van der Waals surface area contributed by atoms with Crippen molar-refractivity contribution >= 4 is 17.5 Å². The normalized spacial score (nSPS) is 12.0. The number of benzene rings is 1. The van der Waals surface area contributed by atoms with Gasteiger partial charge in [0.2, 0.25) is 0 Å². The Hall–Kier alpha value is -1.26. The van der Waals surface area contributed by atoms with Crippen molar-refractivity contribution in [2.45, 2.75) is 26.7 Å². The van der Waals surface area contributed by atoms with E-state index in [0.717, 1.165) is 18.4 Å². The summed E-state index contributed by atoms with van der Waals surface area (Å²) in [6, 6.07) is 5.30. The van der Waals surface area contributed by atoms with Gasteiger partial charge in [0, 0.05) is 18.2 Å². The molecule has 1 atom stereocenters. The van der Waals surface area contributed by atoms with Gasteiger partial charge in [0.15, 0.2) is 6.61 Å². The smallest absolute Gasteiger partial charge is 0.257 e. The highest BCUT2D eigenvalue weighted by Gasteiger charge is 2.04. The topological polar surface area (TPSA) is 58.6 Å². The minimum Gasteiger partial charge on any atom is -0.484 e. The van der Waals surface area contributed by atoms with Gasteiger partial charge in [0.25, 0.3) is 5.91 Å². The Morgan fingerprint density at radius 3 is 2.90 bits per heavy atom. The minimum atomic E-state index is -0.144. The number of ether oxygens (including phenoxy) is 1. The molecule has 0 aliphatic rings. The summed E-state index contributed by atoms with van der Waals surface area (Å²) in [4.78, 5) is 11.6. The van der Waals surface area contributed by atoms with E-state index in [9.17, 15) is 4.79 Å². The van der Waals surface area contributed by atoms with Crippen LogP contribution < -0.4 is 10.1 Å². The Kier molecular flexibility index (Phi) is 7.41. The lowest BCUT2D eigenvalue weighted by molar-refractivity contribution is -0.123. The number of amides is 1. The van der Waals surface area contributed by atoms with Crippen molar-refractivity contribution in [3.05, 3.63) is 28.8 Å². The number of carbonyl (C=O) groups is 1. The lowest BCUT2D eigenvalue weighted by atomic mass is 10.1. The average molecular weight is 300 g/mol. The molecule has 4 nitrogen and oxygen atoms in total. The zero-order valence-corrected chi connectivity index (χ0v) is 12.7. The van der Waals surface area contributed by atoms with Crippen LogP contribution in [-0.2, 0) is 4.79 Å². The van der Waals surface area contributed by atoms with Gasteiger partial charge < -0.3 is 15.2 Å². The highest BCUT2D eigenvalue weighted by atomic mass is 35.5. The Labute approximate surface area is 125 Å². The third-order valence-corrected chi connectivity index (χ3v) is 3.43. The first-order chi connectivity index (χ1) is 9.52. The maximum absolute atomic E-state index is 11.6. The largest absolute Gasteiger partial charge is 0.484 e. The third-order valence-electron chi connectivity index (χ3n) is 3.01. The Balaban J connectivity index is 2.21. The highest BCUT2D eigenvalue weighted by Crippen LogP contribution is 2.20. The molecule has 0 bridgehead atoms. The Bertz CT molecular complexity index is 437. The SMILES string of the molecule is Cc1cc(OCC(=O)NCCCC(C)CO)ccc1Cl. The first-order valence-electron chi connectivity index (χ1n) is 6.79. The van der Waals surface area contributed by atoms with Crippen LogP contribution in [0.25, 0.3) is 0 Å². The summed E-state index contributed by atoms with van der Waals surface area (Å²) in [6.45, 7) is 4.65. The molecular weight excluding hydrogens is 278 g/mol. The molecule has 0 saturated heterocycles. The monoisotopic (exact) mass is 299 g/mol. The molecule has 0 aromatic heterocycles. The van der Waals surface area contributed by atoms with Crippen LogP contribution in [0, 0.1) is 12.8 Å². The molecule has 0 spiro atoms. The zero-order valence-electron chi connectivity index (χ0n) is 12.0. The number of aryl methyl sites for hydroxylation is 1. The van der Waals surface area contributed by atoms with E-state index >= 15 is 0 Å².